The van der Waals surface area contributed by atoms with Gasteiger partial charge in [0.1, 0.15) is 5.69 Å². The molecule has 1 saturated carbocycles. The number of carbonyl (C=O) groups excluding carboxylic acids is 1. The first-order valence-electron chi connectivity index (χ1n) is 8.39. The standard InChI is InChI=1S/C18H20F3N3O/c1-11-15(22-17(25)13-5-3-2-4-6-13)16(24-23-11)12-7-9-14(10-8-12)18(19,20)21/h7-10,13H,2-6H2,1H3,(H,22,25)(H,23,24). The molecule has 1 fully saturated rings. The van der Waals surface area contributed by atoms with Crippen molar-refractivity contribution < 1.29 is 18.0 Å². The number of hydrogen-bond donors (Lipinski definition) is 2. The molecule has 1 aromatic carbocycles. The molecule has 1 aliphatic carbocycles. The molecule has 1 aromatic heterocycles. The van der Waals surface area contributed by atoms with Crippen LogP contribution in [-0.2, 0) is 11.0 Å². The van der Waals surface area contributed by atoms with E-state index in [1.807, 2.05) is 0 Å². The average molecular weight is 351 g/mol. The van der Waals surface area contributed by atoms with E-state index in [2.05, 4.69) is 15.5 Å². The first kappa shape index (κ1) is 17.5. The van der Waals surface area contributed by atoms with E-state index in [0.717, 1.165) is 44.2 Å². The molecule has 134 valence electrons. The van der Waals surface area contributed by atoms with Gasteiger partial charge in [0, 0.05) is 11.5 Å². The number of aryl methyl sites for hydroxylation is 1. The molecule has 7 heteroatoms. The molecule has 2 N–H and O–H groups in total. The Kier molecular flexibility index (Phi) is 4.83. The van der Waals surface area contributed by atoms with Crippen molar-refractivity contribution in [3.8, 4) is 11.3 Å². The van der Waals surface area contributed by atoms with Crippen LogP contribution in [0, 0.1) is 12.8 Å². The van der Waals surface area contributed by atoms with Crippen LogP contribution in [0.4, 0.5) is 18.9 Å². The number of alkyl halides is 3. The number of carbonyl (C=O) groups is 1. The largest absolute Gasteiger partial charge is 0.416 e. The lowest BCUT2D eigenvalue weighted by Gasteiger charge is -2.21. The Morgan fingerprint density at radius 2 is 1.80 bits per heavy atom. The fourth-order valence-corrected chi connectivity index (χ4v) is 3.20. The second kappa shape index (κ2) is 6.90. The zero-order chi connectivity index (χ0) is 18.0. The molecule has 1 aliphatic rings. The van der Waals surface area contributed by atoms with Crippen LogP contribution in [0.2, 0.25) is 0 Å². The molecular formula is C18H20F3N3O. The Hall–Kier alpha value is -2.31. The quantitative estimate of drug-likeness (QED) is 0.824. The lowest BCUT2D eigenvalue weighted by Crippen LogP contribution is -2.25. The van der Waals surface area contributed by atoms with Gasteiger partial charge in [0.15, 0.2) is 0 Å². The van der Waals surface area contributed by atoms with Gasteiger partial charge in [0.05, 0.1) is 16.9 Å². The summed E-state index contributed by atoms with van der Waals surface area (Å²) in [6, 6.07) is 4.78. The van der Waals surface area contributed by atoms with Gasteiger partial charge in [-0.3, -0.25) is 9.89 Å². The first-order valence-corrected chi connectivity index (χ1v) is 8.39. The van der Waals surface area contributed by atoms with Crippen LogP contribution in [0.15, 0.2) is 24.3 Å². The third kappa shape index (κ3) is 3.86. The van der Waals surface area contributed by atoms with Gasteiger partial charge >= 0.3 is 6.18 Å². The monoisotopic (exact) mass is 351 g/mol. The van der Waals surface area contributed by atoms with Gasteiger partial charge < -0.3 is 5.32 Å². The van der Waals surface area contributed by atoms with Crippen LogP contribution < -0.4 is 5.32 Å². The molecule has 0 aliphatic heterocycles. The number of halogens is 3. The summed E-state index contributed by atoms with van der Waals surface area (Å²) in [4.78, 5) is 12.5. The van der Waals surface area contributed by atoms with Crippen molar-refractivity contribution in [1.29, 1.82) is 0 Å². The molecule has 0 saturated heterocycles. The van der Waals surface area contributed by atoms with Gasteiger partial charge in [0.25, 0.3) is 0 Å². The Morgan fingerprint density at radius 3 is 2.40 bits per heavy atom. The van der Waals surface area contributed by atoms with Gasteiger partial charge in [-0.25, -0.2) is 0 Å². The predicted octanol–water partition coefficient (Wildman–Crippen LogP) is 4.92. The minimum atomic E-state index is -4.38. The highest BCUT2D eigenvalue weighted by molar-refractivity contribution is 5.96. The van der Waals surface area contributed by atoms with Crippen molar-refractivity contribution in [3.63, 3.8) is 0 Å². The molecule has 3 rings (SSSR count). The number of H-pyrrole nitrogens is 1. The number of anilines is 1. The van der Waals surface area contributed by atoms with Gasteiger partial charge in [0.2, 0.25) is 5.91 Å². The maximum atomic E-state index is 12.7. The van der Waals surface area contributed by atoms with Crippen molar-refractivity contribution in [1.82, 2.24) is 10.2 Å². The summed E-state index contributed by atoms with van der Waals surface area (Å²) in [5, 5.41) is 9.87. The van der Waals surface area contributed by atoms with Crippen LogP contribution >= 0.6 is 0 Å². The highest BCUT2D eigenvalue weighted by Crippen LogP contribution is 2.34. The number of aromatic nitrogens is 2. The van der Waals surface area contributed by atoms with Crippen LogP contribution in [0.3, 0.4) is 0 Å². The van der Waals surface area contributed by atoms with Crippen molar-refractivity contribution in [2.24, 2.45) is 5.92 Å². The maximum absolute atomic E-state index is 12.7. The minimum Gasteiger partial charge on any atom is -0.322 e. The maximum Gasteiger partial charge on any atom is 0.416 e. The number of nitrogens with one attached hydrogen (secondary N) is 2. The summed E-state index contributed by atoms with van der Waals surface area (Å²) in [5.74, 6) is -0.0548. The molecule has 2 aromatic rings. The number of benzene rings is 1. The molecule has 0 bridgehead atoms. The second-order valence-electron chi connectivity index (χ2n) is 6.47. The molecule has 1 amide bonds. The molecule has 1 heterocycles. The second-order valence-corrected chi connectivity index (χ2v) is 6.47. The number of hydrogen-bond acceptors (Lipinski definition) is 2. The molecular weight excluding hydrogens is 331 g/mol. The zero-order valence-corrected chi connectivity index (χ0v) is 13.9. The van der Waals surface area contributed by atoms with Gasteiger partial charge in [-0.05, 0) is 31.9 Å². The van der Waals surface area contributed by atoms with E-state index in [9.17, 15) is 18.0 Å². The number of nitrogens with zero attached hydrogens (tertiary/aromatic N) is 1. The van der Waals surface area contributed by atoms with E-state index in [1.54, 1.807) is 6.92 Å². The lowest BCUT2D eigenvalue weighted by molar-refractivity contribution is -0.137. The molecule has 0 unspecified atom stereocenters. The normalized spacial score (nSPS) is 16.0. The van der Waals surface area contributed by atoms with E-state index in [0.29, 0.717) is 22.6 Å². The summed E-state index contributed by atoms with van der Waals surface area (Å²) in [6.07, 6.45) is 0.627. The summed E-state index contributed by atoms with van der Waals surface area (Å²) in [7, 11) is 0. The molecule has 0 spiro atoms. The third-order valence-corrected chi connectivity index (χ3v) is 4.66. The number of rotatable bonds is 3. The topological polar surface area (TPSA) is 57.8 Å². The summed E-state index contributed by atoms with van der Waals surface area (Å²) in [6.45, 7) is 1.77. The highest BCUT2D eigenvalue weighted by Gasteiger charge is 2.30. The van der Waals surface area contributed by atoms with Gasteiger partial charge in [-0.2, -0.15) is 18.3 Å². The molecule has 25 heavy (non-hydrogen) atoms. The van der Waals surface area contributed by atoms with Crippen LogP contribution in [-0.4, -0.2) is 16.1 Å². The zero-order valence-electron chi connectivity index (χ0n) is 13.9. The SMILES string of the molecule is Cc1[nH]nc(-c2ccc(C(F)(F)F)cc2)c1NC(=O)C1CCCCC1. The Bertz CT molecular complexity index is 744. The Labute approximate surface area is 143 Å². The fraction of sp³-hybridized carbons (Fsp3) is 0.444. The average Bonchev–Trinajstić information content (AvgIpc) is 2.96. The number of aromatic amines is 1. The summed E-state index contributed by atoms with van der Waals surface area (Å²) >= 11 is 0. The first-order chi connectivity index (χ1) is 11.9. The van der Waals surface area contributed by atoms with E-state index < -0.39 is 11.7 Å². The van der Waals surface area contributed by atoms with Crippen molar-refractivity contribution in [3.05, 3.63) is 35.5 Å². The summed E-state index contributed by atoms with van der Waals surface area (Å²) < 4.78 is 38.1. The van der Waals surface area contributed by atoms with Crippen molar-refractivity contribution in [2.45, 2.75) is 45.2 Å². The fourth-order valence-electron chi connectivity index (χ4n) is 3.20. The molecule has 0 radical (unpaired) electrons. The van der Waals surface area contributed by atoms with E-state index in [1.165, 1.54) is 12.1 Å². The highest BCUT2D eigenvalue weighted by atomic mass is 19.4. The number of amides is 1. The predicted molar refractivity (Wildman–Crippen MR) is 89.0 cm³/mol. The van der Waals surface area contributed by atoms with Crippen LogP contribution in [0.25, 0.3) is 11.3 Å². The van der Waals surface area contributed by atoms with Crippen LogP contribution in [0.5, 0.6) is 0 Å². The smallest absolute Gasteiger partial charge is 0.322 e. The molecule has 0 atom stereocenters. The van der Waals surface area contributed by atoms with E-state index >= 15 is 0 Å². The third-order valence-electron chi connectivity index (χ3n) is 4.66. The molecule has 4 nitrogen and oxygen atoms in total. The minimum absolute atomic E-state index is 0.0106. The van der Waals surface area contributed by atoms with Crippen molar-refractivity contribution >= 4 is 11.6 Å². The Balaban J connectivity index is 1.82. The van der Waals surface area contributed by atoms with E-state index in [-0.39, 0.29) is 11.8 Å². The lowest BCUT2D eigenvalue weighted by atomic mass is 9.88. The van der Waals surface area contributed by atoms with Gasteiger partial charge in [-0.15, -0.1) is 0 Å². The van der Waals surface area contributed by atoms with Crippen molar-refractivity contribution in [2.75, 3.05) is 5.32 Å². The Morgan fingerprint density at radius 1 is 1.16 bits per heavy atom. The van der Waals surface area contributed by atoms with E-state index in [4.69, 9.17) is 0 Å². The summed E-state index contributed by atoms with van der Waals surface area (Å²) in [5.41, 5.74) is 1.48. The van der Waals surface area contributed by atoms with Gasteiger partial charge in [-0.1, -0.05) is 31.4 Å². The van der Waals surface area contributed by atoms with Crippen LogP contribution in [0.1, 0.15) is 43.4 Å².